The van der Waals surface area contributed by atoms with Crippen molar-refractivity contribution >= 4 is 22.9 Å². The Bertz CT molecular complexity index is 1110. The summed E-state index contributed by atoms with van der Waals surface area (Å²) in [5, 5.41) is 16.3. The molecule has 1 aliphatic rings. The molecule has 3 N–H and O–H groups in total. The number of carboxylic acids is 1. The van der Waals surface area contributed by atoms with E-state index in [0.29, 0.717) is 32.2 Å². The molecule has 1 heterocycles. The molecule has 0 radical (unpaired) electrons. The summed E-state index contributed by atoms with van der Waals surface area (Å²) in [6.45, 7) is 2.27. The molecule has 2 atom stereocenters. The summed E-state index contributed by atoms with van der Waals surface area (Å²) in [6, 6.07) is 13.1. The minimum absolute atomic E-state index is 0.101. The van der Waals surface area contributed by atoms with Crippen LogP contribution in [0, 0.1) is 5.82 Å². The van der Waals surface area contributed by atoms with Gasteiger partial charge < -0.3 is 20.3 Å². The van der Waals surface area contributed by atoms with E-state index in [1.807, 2.05) is 41.8 Å². The maximum atomic E-state index is 14.0. The van der Waals surface area contributed by atoms with Crippen LogP contribution >= 0.6 is 0 Å². The Morgan fingerprint density at radius 1 is 1.23 bits per heavy atom. The van der Waals surface area contributed by atoms with Crippen LogP contribution in [0.4, 0.5) is 9.18 Å². The summed E-state index contributed by atoms with van der Waals surface area (Å²) in [7, 11) is 0. The molecule has 0 fully saturated rings. The number of aliphatic carboxylic acids is 1. The van der Waals surface area contributed by atoms with E-state index in [-0.39, 0.29) is 17.9 Å². The topological polar surface area (TPSA) is 83.4 Å². The molecule has 2 amide bonds. The van der Waals surface area contributed by atoms with E-state index < -0.39 is 12.0 Å². The number of rotatable bonds is 6. The third-order valence-electron chi connectivity index (χ3n) is 5.98. The van der Waals surface area contributed by atoms with Crippen molar-refractivity contribution in [2.24, 2.45) is 0 Å². The van der Waals surface area contributed by atoms with E-state index >= 15 is 0 Å². The highest BCUT2D eigenvalue weighted by Gasteiger charge is 2.30. The van der Waals surface area contributed by atoms with E-state index in [2.05, 4.69) is 10.6 Å². The molecule has 4 rings (SSSR count). The molecule has 2 aromatic carbocycles. The predicted molar refractivity (Wildman–Crippen MR) is 116 cm³/mol. The molecule has 0 spiro atoms. The highest BCUT2D eigenvalue weighted by atomic mass is 19.1. The van der Waals surface area contributed by atoms with Crippen LogP contribution in [0.1, 0.15) is 42.6 Å². The van der Waals surface area contributed by atoms with Crippen molar-refractivity contribution in [3.05, 3.63) is 71.2 Å². The van der Waals surface area contributed by atoms with Gasteiger partial charge in [0.1, 0.15) is 11.9 Å². The first kappa shape index (κ1) is 20.9. The third-order valence-corrected chi connectivity index (χ3v) is 5.98. The van der Waals surface area contributed by atoms with Crippen LogP contribution in [-0.2, 0) is 24.2 Å². The number of nitrogens with zero attached hydrogens (tertiary/aromatic N) is 1. The smallest absolute Gasteiger partial charge is 0.326 e. The summed E-state index contributed by atoms with van der Waals surface area (Å²) in [6.07, 6.45) is 2.29. The SMILES string of the molecule is CCC(C(=O)O)n1c2c(c3cc(F)ccc31)C[C@@H](NC(=O)NCc1ccccc1)CC2. The quantitative estimate of drug-likeness (QED) is 0.556. The van der Waals surface area contributed by atoms with Gasteiger partial charge in [-0.25, -0.2) is 14.0 Å². The van der Waals surface area contributed by atoms with Gasteiger partial charge in [0, 0.05) is 29.2 Å². The Morgan fingerprint density at radius 3 is 2.71 bits per heavy atom. The van der Waals surface area contributed by atoms with Crippen molar-refractivity contribution in [2.75, 3.05) is 0 Å². The number of carbonyl (C=O) groups excluding carboxylic acids is 1. The fourth-order valence-corrected chi connectivity index (χ4v) is 4.53. The zero-order valence-electron chi connectivity index (χ0n) is 17.4. The summed E-state index contributed by atoms with van der Waals surface area (Å²) in [5.74, 6) is -1.25. The van der Waals surface area contributed by atoms with Gasteiger partial charge in [0.2, 0.25) is 0 Å². The van der Waals surface area contributed by atoms with Gasteiger partial charge in [-0.15, -0.1) is 0 Å². The number of fused-ring (bicyclic) bond motifs is 3. The maximum Gasteiger partial charge on any atom is 0.326 e. The molecule has 6 nitrogen and oxygen atoms in total. The summed E-state index contributed by atoms with van der Waals surface area (Å²) >= 11 is 0. The highest BCUT2D eigenvalue weighted by Crippen LogP contribution is 2.36. The number of hydrogen-bond acceptors (Lipinski definition) is 2. The van der Waals surface area contributed by atoms with Crippen LogP contribution < -0.4 is 10.6 Å². The Hall–Kier alpha value is -3.35. The van der Waals surface area contributed by atoms with Gasteiger partial charge >= 0.3 is 12.0 Å². The summed E-state index contributed by atoms with van der Waals surface area (Å²) < 4.78 is 15.9. The van der Waals surface area contributed by atoms with Gasteiger partial charge in [-0.2, -0.15) is 0 Å². The second kappa shape index (κ2) is 8.79. The van der Waals surface area contributed by atoms with Crippen molar-refractivity contribution in [1.29, 1.82) is 0 Å². The molecular weight excluding hydrogens is 397 g/mol. The van der Waals surface area contributed by atoms with E-state index in [1.54, 1.807) is 6.07 Å². The maximum absolute atomic E-state index is 14.0. The Morgan fingerprint density at radius 2 is 2.00 bits per heavy atom. The molecule has 31 heavy (non-hydrogen) atoms. The van der Waals surface area contributed by atoms with Gasteiger partial charge in [0.15, 0.2) is 0 Å². The van der Waals surface area contributed by atoms with E-state index in [0.717, 1.165) is 27.7 Å². The first-order valence-electron chi connectivity index (χ1n) is 10.6. The van der Waals surface area contributed by atoms with Crippen LogP contribution in [0.5, 0.6) is 0 Å². The molecular formula is C24H26FN3O3. The number of halogens is 1. The minimum Gasteiger partial charge on any atom is -0.480 e. The zero-order valence-corrected chi connectivity index (χ0v) is 17.4. The van der Waals surface area contributed by atoms with Gasteiger partial charge in [0.25, 0.3) is 0 Å². The van der Waals surface area contributed by atoms with Crippen molar-refractivity contribution < 1.29 is 19.1 Å². The van der Waals surface area contributed by atoms with Crippen LogP contribution in [0.3, 0.4) is 0 Å². The average Bonchev–Trinajstić information content (AvgIpc) is 3.06. The molecule has 0 saturated carbocycles. The predicted octanol–water partition coefficient (Wildman–Crippen LogP) is 4.17. The molecule has 1 aliphatic carbocycles. The van der Waals surface area contributed by atoms with Crippen LogP contribution in [0.25, 0.3) is 10.9 Å². The van der Waals surface area contributed by atoms with Crippen molar-refractivity contribution in [3.63, 3.8) is 0 Å². The fraction of sp³-hybridized carbons (Fsp3) is 0.333. The summed E-state index contributed by atoms with van der Waals surface area (Å²) in [4.78, 5) is 24.3. The highest BCUT2D eigenvalue weighted by molar-refractivity contribution is 5.88. The Labute approximate surface area is 180 Å². The van der Waals surface area contributed by atoms with Gasteiger partial charge in [-0.1, -0.05) is 37.3 Å². The van der Waals surface area contributed by atoms with E-state index in [1.165, 1.54) is 12.1 Å². The monoisotopic (exact) mass is 423 g/mol. The molecule has 7 heteroatoms. The number of benzene rings is 2. The van der Waals surface area contributed by atoms with Crippen molar-refractivity contribution in [2.45, 2.75) is 51.2 Å². The van der Waals surface area contributed by atoms with Crippen LogP contribution in [0.2, 0.25) is 0 Å². The normalized spacial score (nSPS) is 16.5. The van der Waals surface area contributed by atoms with E-state index in [9.17, 15) is 19.1 Å². The molecule has 162 valence electrons. The second-order valence-electron chi connectivity index (χ2n) is 7.97. The zero-order chi connectivity index (χ0) is 22.0. The molecule has 0 bridgehead atoms. The molecule has 1 unspecified atom stereocenters. The third kappa shape index (κ3) is 4.26. The first-order valence-corrected chi connectivity index (χ1v) is 10.6. The number of carbonyl (C=O) groups is 2. The number of aromatic nitrogens is 1. The lowest BCUT2D eigenvalue weighted by Gasteiger charge is -2.26. The Kier molecular flexibility index (Phi) is 5.93. The standard InChI is InChI=1S/C24H26FN3O3/c1-2-20(23(29)30)28-21-10-8-16(25)12-18(21)19-13-17(9-11-22(19)28)27-24(31)26-14-15-6-4-3-5-7-15/h3-8,10,12,17,20H,2,9,11,13-14H2,1H3,(H,29,30)(H2,26,27,31)/t17-,20?/m0/s1. The Balaban J connectivity index is 1.56. The second-order valence-corrected chi connectivity index (χ2v) is 7.97. The first-order chi connectivity index (χ1) is 15.0. The van der Waals surface area contributed by atoms with Gasteiger partial charge in [-0.3, -0.25) is 0 Å². The number of hydrogen-bond donors (Lipinski definition) is 3. The molecule has 0 saturated heterocycles. The molecule has 0 aliphatic heterocycles. The lowest BCUT2D eigenvalue weighted by atomic mass is 9.91. The number of carboxylic acid groups (broad SMARTS) is 1. The number of urea groups is 1. The fourth-order valence-electron chi connectivity index (χ4n) is 4.53. The van der Waals surface area contributed by atoms with Gasteiger partial charge in [0.05, 0.1) is 0 Å². The van der Waals surface area contributed by atoms with Crippen LogP contribution in [-0.4, -0.2) is 27.7 Å². The minimum atomic E-state index is -0.896. The molecule has 3 aromatic rings. The van der Waals surface area contributed by atoms with Gasteiger partial charge in [-0.05, 0) is 55.0 Å². The van der Waals surface area contributed by atoms with E-state index in [4.69, 9.17) is 0 Å². The number of nitrogens with one attached hydrogen (secondary N) is 2. The van der Waals surface area contributed by atoms with Crippen LogP contribution in [0.15, 0.2) is 48.5 Å². The lowest BCUT2D eigenvalue weighted by Crippen LogP contribution is -2.44. The lowest BCUT2D eigenvalue weighted by molar-refractivity contribution is -0.140. The number of amides is 2. The summed E-state index contributed by atoms with van der Waals surface area (Å²) in [5.41, 5.74) is 3.60. The average molecular weight is 423 g/mol. The largest absolute Gasteiger partial charge is 0.480 e. The molecule has 1 aromatic heterocycles. The van der Waals surface area contributed by atoms with Crippen molar-refractivity contribution in [1.82, 2.24) is 15.2 Å². The van der Waals surface area contributed by atoms with Crippen molar-refractivity contribution in [3.8, 4) is 0 Å².